The van der Waals surface area contributed by atoms with Crippen LogP contribution in [0, 0.1) is 32.1 Å². The molecule has 0 radical (unpaired) electrons. The van der Waals surface area contributed by atoms with Crippen molar-refractivity contribution in [1.29, 1.82) is 5.26 Å². The first-order valence-electron chi connectivity index (χ1n) is 12.8. The minimum absolute atomic E-state index is 0.0764. The molecule has 1 heterocycles. The highest BCUT2D eigenvalue weighted by Gasteiger charge is 2.41. The molecule has 1 aliphatic heterocycles. The zero-order chi connectivity index (χ0) is 27.0. The maximum atomic E-state index is 13.5. The lowest BCUT2D eigenvalue weighted by Gasteiger charge is -2.40. The molecular weight excluding hydrogens is 494 g/mol. The van der Waals surface area contributed by atoms with Crippen molar-refractivity contribution in [3.63, 3.8) is 0 Å². The van der Waals surface area contributed by atoms with Crippen LogP contribution in [-0.2, 0) is 11.4 Å². The van der Waals surface area contributed by atoms with Crippen molar-refractivity contribution in [2.75, 3.05) is 4.90 Å². The minimum atomic E-state index is -0.514. The Bertz CT molecular complexity index is 1510. The molecule has 5 nitrogen and oxygen atoms in total. The molecule has 38 heavy (non-hydrogen) atoms. The Morgan fingerprint density at radius 1 is 1.03 bits per heavy atom. The van der Waals surface area contributed by atoms with E-state index >= 15 is 0 Å². The molecule has 0 aromatic heterocycles. The number of nitrogens with two attached hydrogens (primary N) is 1. The van der Waals surface area contributed by atoms with E-state index in [-0.39, 0.29) is 5.78 Å². The van der Waals surface area contributed by atoms with Crippen LogP contribution in [0.15, 0.2) is 83.3 Å². The Hall–Kier alpha value is -4.01. The molecule has 2 N–H and O–H groups in total. The van der Waals surface area contributed by atoms with Gasteiger partial charge in [-0.15, -0.1) is 0 Å². The van der Waals surface area contributed by atoms with E-state index in [2.05, 4.69) is 18.2 Å². The Labute approximate surface area is 228 Å². The normalized spacial score (nSPS) is 17.4. The van der Waals surface area contributed by atoms with Crippen LogP contribution in [0.4, 0.5) is 5.69 Å². The number of carbonyl (C=O) groups is 1. The lowest BCUT2D eigenvalue weighted by atomic mass is 9.74. The van der Waals surface area contributed by atoms with Crippen molar-refractivity contribution in [3.8, 4) is 11.8 Å². The Morgan fingerprint density at radius 2 is 1.74 bits per heavy atom. The second-order valence-corrected chi connectivity index (χ2v) is 10.5. The summed E-state index contributed by atoms with van der Waals surface area (Å²) in [4.78, 5) is 15.4. The first-order valence-corrected chi connectivity index (χ1v) is 13.2. The predicted molar refractivity (Wildman–Crippen MR) is 151 cm³/mol. The molecule has 6 heteroatoms. The van der Waals surface area contributed by atoms with Gasteiger partial charge in [-0.1, -0.05) is 41.4 Å². The van der Waals surface area contributed by atoms with Gasteiger partial charge in [0.1, 0.15) is 18.2 Å². The van der Waals surface area contributed by atoms with Crippen molar-refractivity contribution in [2.24, 2.45) is 5.73 Å². The number of nitrogens with zero attached hydrogens (tertiary/aromatic N) is 2. The highest BCUT2D eigenvalue weighted by atomic mass is 35.5. The van der Waals surface area contributed by atoms with Crippen molar-refractivity contribution < 1.29 is 9.53 Å². The largest absolute Gasteiger partial charge is 0.489 e. The van der Waals surface area contributed by atoms with Crippen molar-refractivity contribution >= 4 is 23.1 Å². The summed E-state index contributed by atoms with van der Waals surface area (Å²) in [5, 5.41) is 11.0. The minimum Gasteiger partial charge on any atom is -0.489 e. The van der Waals surface area contributed by atoms with E-state index in [0.29, 0.717) is 35.0 Å². The topological polar surface area (TPSA) is 79.3 Å². The molecule has 1 unspecified atom stereocenters. The maximum Gasteiger partial charge on any atom is 0.161 e. The summed E-state index contributed by atoms with van der Waals surface area (Å²) in [5.74, 6) is 0.664. The summed E-state index contributed by atoms with van der Waals surface area (Å²) in [6, 6.07) is 21.8. The van der Waals surface area contributed by atoms with Gasteiger partial charge >= 0.3 is 0 Å². The van der Waals surface area contributed by atoms with Crippen LogP contribution in [0.5, 0.6) is 5.75 Å². The number of aryl methyl sites for hydroxylation is 3. The van der Waals surface area contributed by atoms with E-state index < -0.39 is 5.92 Å². The monoisotopic (exact) mass is 523 g/mol. The van der Waals surface area contributed by atoms with Gasteiger partial charge in [0.15, 0.2) is 5.78 Å². The molecule has 0 saturated carbocycles. The molecule has 2 aliphatic rings. The number of hydrogen-bond acceptors (Lipinski definition) is 5. The number of ketones is 1. The van der Waals surface area contributed by atoms with E-state index in [1.54, 1.807) is 12.1 Å². The number of carbonyl (C=O) groups excluding carboxylic acids is 1. The third kappa shape index (κ3) is 4.68. The fraction of sp³-hybridized carbons (Fsp3) is 0.250. The first-order chi connectivity index (χ1) is 18.3. The number of halogens is 1. The van der Waals surface area contributed by atoms with Gasteiger partial charge in [0.2, 0.25) is 0 Å². The maximum absolute atomic E-state index is 13.5. The van der Waals surface area contributed by atoms with Gasteiger partial charge in [-0.3, -0.25) is 9.69 Å². The third-order valence-electron chi connectivity index (χ3n) is 7.45. The molecule has 3 aromatic rings. The molecule has 0 saturated heterocycles. The number of hydrogen-bond donors (Lipinski definition) is 1. The van der Waals surface area contributed by atoms with Gasteiger partial charge in [0, 0.05) is 28.4 Å². The van der Waals surface area contributed by atoms with E-state index in [4.69, 9.17) is 22.1 Å². The number of allylic oxidation sites excluding steroid dienone is 3. The summed E-state index contributed by atoms with van der Waals surface area (Å²) < 4.78 is 6.05. The fourth-order valence-corrected chi connectivity index (χ4v) is 5.59. The molecule has 0 spiro atoms. The van der Waals surface area contributed by atoms with E-state index in [0.717, 1.165) is 57.8 Å². The number of Topliss-reactive ketones (excluding diaryl/α,β-unsaturated/α-hetero) is 1. The summed E-state index contributed by atoms with van der Waals surface area (Å²) >= 11 is 6.01. The van der Waals surface area contributed by atoms with Crippen LogP contribution >= 0.6 is 11.6 Å². The molecular formula is C32H30ClN3O2. The molecule has 1 atom stereocenters. The smallest absolute Gasteiger partial charge is 0.161 e. The van der Waals surface area contributed by atoms with Crippen molar-refractivity contribution in [2.45, 2.75) is 52.6 Å². The quantitative estimate of drug-likeness (QED) is 0.384. The lowest BCUT2D eigenvalue weighted by Crippen LogP contribution is -2.38. The van der Waals surface area contributed by atoms with Crippen LogP contribution in [0.3, 0.4) is 0 Å². The lowest BCUT2D eigenvalue weighted by molar-refractivity contribution is -0.116. The van der Waals surface area contributed by atoms with Crippen LogP contribution in [-0.4, -0.2) is 5.78 Å². The fourth-order valence-electron chi connectivity index (χ4n) is 5.46. The highest BCUT2D eigenvalue weighted by Crippen LogP contribution is 2.47. The number of benzene rings is 3. The molecule has 0 bridgehead atoms. The molecule has 3 aromatic carbocycles. The third-order valence-corrected chi connectivity index (χ3v) is 7.70. The van der Waals surface area contributed by atoms with Crippen LogP contribution in [0.2, 0.25) is 5.02 Å². The Balaban J connectivity index is 1.61. The van der Waals surface area contributed by atoms with Crippen molar-refractivity contribution in [1.82, 2.24) is 0 Å². The summed E-state index contributed by atoms with van der Waals surface area (Å²) in [5.41, 5.74) is 14.7. The Kier molecular flexibility index (Phi) is 7.01. The molecule has 1 aliphatic carbocycles. The number of anilines is 1. The van der Waals surface area contributed by atoms with E-state index in [9.17, 15) is 10.1 Å². The van der Waals surface area contributed by atoms with E-state index in [1.165, 1.54) is 0 Å². The van der Waals surface area contributed by atoms with Gasteiger partial charge < -0.3 is 10.5 Å². The van der Waals surface area contributed by atoms with Gasteiger partial charge in [-0.05, 0) is 92.3 Å². The number of ether oxygens (including phenoxy) is 1. The molecule has 0 amide bonds. The van der Waals surface area contributed by atoms with Crippen LogP contribution < -0.4 is 15.4 Å². The average molecular weight is 524 g/mol. The summed E-state index contributed by atoms with van der Waals surface area (Å²) in [6.45, 7) is 6.45. The van der Waals surface area contributed by atoms with Gasteiger partial charge in [-0.2, -0.15) is 5.26 Å². The van der Waals surface area contributed by atoms with Gasteiger partial charge in [0.05, 0.1) is 17.6 Å². The summed E-state index contributed by atoms with van der Waals surface area (Å²) in [7, 11) is 0. The summed E-state index contributed by atoms with van der Waals surface area (Å²) in [6.07, 6.45) is 1.95. The number of rotatable bonds is 5. The van der Waals surface area contributed by atoms with Gasteiger partial charge in [0.25, 0.3) is 0 Å². The molecule has 192 valence electrons. The molecule has 5 rings (SSSR count). The average Bonchev–Trinajstić information content (AvgIpc) is 2.90. The second kappa shape index (κ2) is 10.4. The standard InChI is InChI=1S/C32H30ClN3O2/c1-19-7-11-24(12-8-19)36-28-5-4-6-29(37)31(28)30(27(17-34)32(36)35)26-16-22(20(2)15-21(26)3)18-38-25-13-9-23(33)10-14-25/h7-16,30H,4-6,18,35H2,1-3H3. The highest BCUT2D eigenvalue weighted by molar-refractivity contribution is 6.30. The van der Waals surface area contributed by atoms with E-state index in [1.807, 2.05) is 62.1 Å². The van der Waals surface area contributed by atoms with Crippen LogP contribution in [0.1, 0.15) is 53.0 Å². The number of nitriles is 1. The zero-order valence-electron chi connectivity index (χ0n) is 21.8. The Morgan fingerprint density at radius 3 is 2.42 bits per heavy atom. The predicted octanol–water partition coefficient (Wildman–Crippen LogP) is 7.15. The van der Waals surface area contributed by atoms with Crippen LogP contribution in [0.25, 0.3) is 0 Å². The SMILES string of the molecule is Cc1ccc(N2C(N)=C(C#N)C(c3cc(COc4ccc(Cl)cc4)c(C)cc3C)C3=C2CCCC3=O)cc1. The van der Waals surface area contributed by atoms with Crippen molar-refractivity contribution in [3.05, 3.63) is 116 Å². The second-order valence-electron chi connectivity index (χ2n) is 10.0. The zero-order valence-corrected chi connectivity index (χ0v) is 22.6. The van der Waals surface area contributed by atoms with Gasteiger partial charge in [-0.25, -0.2) is 0 Å². The first kappa shape index (κ1) is 25.6. The molecule has 0 fully saturated rings.